The standard InChI is InChI=1S/C18H18ClFN4O3/c19-9-1-2-12(20)10(7-9)16-23-14-4-6-27-15(14)17(24-16)22-13-3-5-21-8-11(13)18(25)26/h3,5,8-10,12H,1-2,4,6-7H2,(H,25,26)(H,21,22,23,24)/t9-,10?,12?/m1/s1. The van der Waals surface area contributed by atoms with Crippen LogP contribution in [0.25, 0.3) is 0 Å². The summed E-state index contributed by atoms with van der Waals surface area (Å²) in [5, 5.41) is 12.3. The maximum Gasteiger partial charge on any atom is 0.339 e. The van der Waals surface area contributed by atoms with E-state index < -0.39 is 18.1 Å². The second kappa shape index (κ2) is 7.26. The van der Waals surface area contributed by atoms with E-state index in [1.165, 1.54) is 12.4 Å². The molecule has 1 aliphatic heterocycles. The molecule has 7 nitrogen and oxygen atoms in total. The molecule has 0 radical (unpaired) electrons. The smallest absolute Gasteiger partial charge is 0.339 e. The summed E-state index contributed by atoms with van der Waals surface area (Å²) < 4.78 is 20.1. The first-order valence-corrected chi connectivity index (χ1v) is 9.22. The van der Waals surface area contributed by atoms with Crippen LogP contribution in [0.15, 0.2) is 18.5 Å². The van der Waals surface area contributed by atoms with Crippen LogP contribution in [0.2, 0.25) is 0 Å². The number of pyridine rings is 1. The van der Waals surface area contributed by atoms with Crippen molar-refractivity contribution in [1.82, 2.24) is 15.0 Å². The highest BCUT2D eigenvalue weighted by atomic mass is 35.5. The number of ether oxygens (including phenoxy) is 1. The van der Waals surface area contributed by atoms with Gasteiger partial charge in [-0.05, 0) is 25.3 Å². The number of rotatable bonds is 4. The number of carbonyl (C=O) groups is 1. The molecule has 2 unspecified atom stereocenters. The molecule has 0 bridgehead atoms. The lowest BCUT2D eigenvalue weighted by Crippen LogP contribution is -2.26. The van der Waals surface area contributed by atoms with Gasteiger partial charge in [0.25, 0.3) is 0 Å². The lowest BCUT2D eigenvalue weighted by molar-refractivity contribution is 0.0697. The third-order valence-electron chi connectivity index (χ3n) is 4.88. The van der Waals surface area contributed by atoms with E-state index in [0.717, 1.165) is 0 Å². The Kier molecular flexibility index (Phi) is 4.82. The molecule has 1 aliphatic carbocycles. The second-order valence-electron chi connectivity index (χ2n) is 6.69. The van der Waals surface area contributed by atoms with Crippen molar-refractivity contribution in [2.45, 2.75) is 43.1 Å². The molecular formula is C18H18ClFN4O3. The number of aromatic nitrogens is 3. The van der Waals surface area contributed by atoms with Gasteiger partial charge in [-0.25, -0.2) is 19.2 Å². The number of hydrogen-bond acceptors (Lipinski definition) is 6. The number of fused-ring (bicyclic) bond motifs is 1. The average Bonchev–Trinajstić information content (AvgIpc) is 3.13. The third kappa shape index (κ3) is 3.53. The molecule has 0 aromatic carbocycles. The summed E-state index contributed by atoms with van der Waals surface area (Å²) >= 11 is 6.23. The van der Waals surface area contributed by atoms with Gasteiger partial charge in [-0.15, -0.1) is 11.6 Å². The monoisotopic (exact) mass is 392 g/mol. The Bertz CT molecular complexity index is 882. The van der Waals surface area contributed by atoms with Crippen LogP contribution in [0.1, 0.15) is 47.1 Å². The summed E-state index contributed by atoms with van der Waals surface area (Å²) in [6.45, 7) is 0.451. The molecule has 0 saturated heterocycles. The molecule has 2 aromatic heterocycles. The van der Waals surface area contributed by atoms with Gasteiger partial charge in [0.1, 0.15) is 17.6 Å². The van der Waals surface area contributed by atoms with Crippen LogP contribution in [-0.2, 0) is 6.42 Å². The minimum Gasteiger partial charge on any atom is -0.487 e. The van der Waals surface area contributed by atoms with E-state index in [1.807, 2.05) is 0 Å². The fraction of sp³-hybridized carbons (Fsp3) is 0.444. The maximum absolute atomic E-state index is 14.5. The van der Waals surface area contributed by atoms with Crippen LogP contribution >= 0.6 is 11.6 Å². The lowest BCUT2D eigenvalue weighted by atomic mass is 9.86. The van der Waals surface area contributed by atoms with Crippen molar-refractivity contribution in [3.05, 3.63) is 35.5 Å². The van der Waals surface area contributed by atoms with Crippen molar-refractivity contribution < 1.29 is 19.0 Å². The molecule has 1 fully saturated rings. The highest BCUT2D eigenvalue weighted by molar-refractivity contribution is 6.20. The Morgan fingerprint density at radius 2 is 2.22 bits per heavy atom. The van der Waals surface area contributed by atoms with E-state index in [-0.39, 0.29) is 10.9 Å². The molecule has 1 saturated carbocycles. The van der Waals surface area contributed by atoms with Gasteiger partial charge in [-0.3, -0.25) is 4.98 Å². The highest BCUT2D eigenvalue weighted by Crippen LogP contribution is 2.40. The van der Waals surface area contributed by atoms with E-state index in [9.17, 15) is 14.3 Å². The average molecular weight is 393 g/mol. The predicted molar refractivity (Wildman–Crippen MR) is 96.8 cm³/mol. The van der Waals surface area contributed by atoms with E-state index in [2.05, 4.69) is 20.3 Å². The number of nitrogens with one attached hydrogen (secondary N) is 1. The van der Waals surface area contributed by atoms with Crippen molar-refractivity contribution in [2.24, 2.45) is 0 Å². The minimum absolute atomic E-state index is 0.00580. The van der Waals surface area contributed by atoms with Crippen LogP contribution in [0, 0.1) is 0 Å². The van der Waals surface area contributed by atoms with Crippen LogP contribution in [0.5, 0.6) is 5.75 Å². The molecule has 0 amide bonds. The SMILES string of the molecule is O=C(O)c1cnccc1Nc1nc(C2C[C@H](Cl)CCC2F)nc2c1OCC2. The van der Waals surface area contributed by atoms with Crippen LogP contribution in [0.4, 0.5) is 15.9 Å². The molecular weight excluding hydrogens is 375 g/mol. The molecule has 0 spiro atoms. The zero-order valence-electron chi connectivity index (χ0n) is 14.4. The minimum atomic E-state index is -1.11. The van der Waals surface area contributed by atoms with E-state index in [0.29, 0.717) is 61.1 Å². The first kappa shape index (κ1) is 17.9. The van der Waals surface area contributed by atoms with Gasteiger partial charge in [0.2, 0.25) is 0 Å². The first-order valence-electron chi connectivity index (χ1n) is 8.79. The summed E-state index contributed by atoms with van der Waals surface area (Å²) in [5.74, 6) is -0.404. The summed E-state index contributed by atoms with van der Waals surface area (Å²) in [6.07, 6.45) is 3.76. The van der Waals surface area contributed by atoms with Gasteiger partial charge in [0.15, 0.2) is 11.6 Å². The topological polar surface area (TPSA) is 97.2 Å². The van der Waals surface area contributed by atoms with Gasteiger partial charge < -0.3 is 15.2 Å². The third-order valence-corrected chi connectivity index (χ3v) is 5.27. The molecule has 2 N–H and O–H groups in total. The van der Waals surface area contributed by atoms with Gasteiger partial charge in [0.05, 0.1) is 23.9 Å². The maximum atomic E-state index is 14.5. The Balaban J connectivity index is 1.73. The summed E-state index contributed by atoms with van der Waals surface area (Å²) in [6, 6.07) is 1.54. The largest absolute Gasteiger partial charge is 0.487 e. The molecule has 2 aromatic rings. The number of aromatic carboxylic acids is 1. The molecule has 3 atom stereocenters. The van der Waals surface area contributed by atoms with Crippen molar-refractivity contribution in [3.8, 4) is 5.75 Å². The molecule has 142 valence electrons. The van der Waals surface area contributed by atoms with Crippen molar-refractivity contribution in [3.63, 3.8) is 0 Å². The number of nitrogens with zero attached hydrogens (tertiary/aromatic N) is 3. The van der Waals surface area contributed by atoms with Gasteiger partial charge in [-0.2, -0.15) is 0 Å². The Labute approximate surface area is 160 Å². The molecule has 2 aliphatic rings. The van der Waals surface area contributed by atoms with Crippen LogP contribution in [0.3, 0.4) is 0 Å². The van der Waals surface area contributed by atoms with E-state index in [1.54, 1.807) is 6.07 Å². The zero-order chi connectivity index (χ0) is 19.0. The van der Waals surface area contributed by atoms with Gasteiger partial charge in [-0.1, -0.05) is 0 Å². The summed E-state index contributed by atoms with van der Waals surface area (Å²) in [5.41, 5.74) is 1.03. The Morgan fingerprint density at radius 3 is 3.04 bits per heavy atom. The molecule has 3 heterocycles. The van der Waals surface area contributed by atoms with Crippen molar-refractivity contribution in [1.29, 1.82) is 0 Å². The molecule has 4 rings (SSSR count). The number of anilines is 2. The zero-order valence-corrected chi connectivity index (χ0v) is 15.1. The molecule has 9 heteroatoms. The number of hydrogen-bond donors (Lipinski definition) is 2. The van der Waals surface area contributed by atoms with Gasteiger partial charge in [0, 0.05) is 24.2 Å². The Hall–Kier alpha value is -2.48. The van der Waals surface area contributed by atoms with Gasteiger partial charge >= 0.3 is 5.97 Å². The fourth-order valence-electron chi connectivity index (χ4n) is 3.49. The quantitative estimate of drug-likeness (QED) is 0.769. The number of carboxylic acids is 1. The summed E-state index contributed by atoms with van der Waals surface area (Å²) in [4.78, 5) is 24.3. The highest BCUT2D eigenvalue weighted by Gasteiger charge is 2.34. The molecule has 27 heavy (non-hydrogen) atoms. The van der Waals surface area contributed by atoms with Crippen LogP contribution < -0.4 is 10.1 Å². The number of halogens is 2. The number of alkyl halides is 2. The predicted octanol–water partition coefficient (Wildman–Crippen LogP) is 3.46. The second-order valence-corrected chi connectivity index (χ2v) is 7.31. The van der Waals surface area contributed by atoms with Crippen molar-refractivity contribution >= 4 is 29.1 Å². The van der Waals surface area contributed by atoms with E-state index >= 15 is 0 Å². The van der Waals surface area contributed by atoms with Crippen molar-refractivity contribution in [2.75, 3.05) is 11.9 Å². The lowest BCUT2D eigenvalue weighted by Gasteiger charge is -2.28. The fourth-order valence-corrected chi connectivity index (χ4v) is 3.81. The Morgan fingerprint density at radius 1 is 1.37 bits per heavy atom. The summed E-state index contributed by atoms with van der Waals surface area (Å²) in [7, 11) is 0. The normalized spacial score (nSPS) is 24.1. The number of carboxylic acid groups (broad SMARTS) is 1. The first-order chi connectivity index (χ1) is 13.0. The van der Waals surface area contributed by atoms with Crippen LogP contribution in [-0.4, -0.2) is 44.2 Å². The van der Waals surface area contributed by atoms with E-state index in [4.69, 9.17) is 16.3 Å².